The second kappa shape index (κ2) is 6.82. The molecule has 0 radical (unpaired) electrons. The van der Waals surface area contributed by atoms with E-state index in [0.29, 0.717) is 6.04 Å². The fourth-order valence-corrected chi connectivity index (χ4v) is 4.86. The molecule has 21 heavy (non-hydrogen) atoms. The van der Waals surface area contributed by atoms with Crippen molar-refractivity contribution in [1.29, 1.82) is 0 Å². The molecule has 2 aliphatic carbocycles. The first-order valence-electron chi connectivity index (χ1n) is 8.37. The highest BCUT2D eigenvalue weighted by Gasteiger charge is 2.36. The Morgan fingerprint density at radius 3 is 2.62 bits per heavy atom. The second-order valence-electron chi connectivity index (χ2n) is 6.63. The fourth-order valence-electron chi connectivity index (χ4n) is 3.88. The molecule has 0 aromatic carbocycles. The molecular formula is C17H26N2OS. The highest BCUT2D eigenvalue weighted by atomic mass is 32.1. The number of nitrogens with one attached hydrogen (secondary N) is 2. The van der Waals surface area contributed by atoms with Gasteiger partial charge in [-0.3, -0.25) is 0 Å². The van der Waals surface area contributed by atoms with Crippen LogP contribution in [0.1, 0.15) is 62.7 Å². The summed E-state index contributed by atoms with van der Waals surface area (Å²) in [7, 11) is 0. The van der Waals surface area contributed by atoms with Gasteiger partial charge >= 0.3 is 6.03 Å². The van der Waals surface area contributed by atoms with E-state index in [1.807, 2.05) is 11.3 Å². The van der Waals surface area contributed by atoms with Gasteiger partial charge in [0.1, 0.15) is 0 Å². The molecule has 1 aromatic heterocycles. The van der Waals surface area contributed by atoms with Crippen molar-refractivity contribution in [3.63, 3.8) is 0 Å². The maximum atomic E-state index is 12.2. The van der Waals surface area contributed by atoms with E-state index < -0.39 is 0 Å². The summed E-state index contributed by atoms with van der Waals surface area (Å²) >= 11 is 1.83. The molecular weight excluding hydrogens is 280 g/mol. The predicted molar refractivity (Wildman–Crippen MR) is 87.9 cm³/mol. The van der Waals surface area contributed by atoms with Gasteiger partial charge in [0.2, 0.25) is 0 Å². The van der Waals surface area contributed by atoms with Crippen molar-refractivity contribution in [3.8, 4) is 0 Å². The number of urea groups is 1. The Hall–Kier alpha value is -1.03. The Labute approximate surface area is 131 Å². The van der Waals surface area contributed by atoms with Crippen molar-refractivity contribution in [1.82, 2.24) is 10.6 Å². The third kappa shape index (κ3) is 3.60. The normalized spacial score (nSPS) is 22.1. The largest absolute Gasteiger partial charge is 0.337 e. The Morgan fingerprint density at radius 2 is 1.95 bits per heavy atom. The second-order valence-corrected chi connectivity index (χ2v) is 7.57. The molecule has 1 heterocycles. The number of amides is 2. The van der Waals surface area contributed by atoms with Crippen molar-refractivity contribution >= 4 is 17.4 Å². The summed E-state index contributed by atoms with van der Waals surface area (Å²) < 4.78 is 0. The maximum absolute atomic E-state index is 12.2. The van der Waals surface area contributed by atoms with Crippen molar-refractivity contribution in [2.24, 2.45) is 0 Å². The summed E-state index contributed by atoms with van der Waals surface area (Å²) in [5, 5.41) is 8.47. The van der Waals surface area contributed by atoms with Crippen LogP contribution in [0.4, 0.5) is 4.79 Å². The fraction of sp³-hybridized carbons (Fsp3) is 0.706. The Kier molecular flexibility index (Phi) is 4.84. The molecule has 0 saturated heterocycles. The molecule has 0 atom stereocenters. The van der Waals surface area contributed by atoms with Crippen molar-refractivity contribution < 1.29 is 4.79 Å². The lowest BCUT2D eigenvalue weighted by Gasteiger charge is -2.29. The number of rotatable bonds is 4. The lowest BCUT2D eigenvalue weighted by Crippen LogP contribution is -2.47. The minimum Gasteiger partial charge on any atom is -0.337 e. The van der Waals surface area contributed by atoms with Crippen LogP contribution in [0, 0.1) is 0 Å². The molecule has 2 aliphatic rings. The molecule has 2 saturated carbocycles. The van der Waals surface area contributed by atoms with E-state index in [4.69, 9.17) is 0 Å². The smallest absolute Gasteiger partial charge is 0.315 e. The van der Waals surface area contributed by atoms with Gasteiger partial charge in [0.25, 0.3) is 0 Å². The number of carbonyl (C=O) groups excluding carboxylic acids is 1. The number of hydrogen-bond donors (Lipinski definition) is 2. The van der Waals surface area contributed by atoms with Crippen LogP contribution in [0.15, 0.2) is 17.5 Å². The van der Waals surface area contributed by atoms with Crippen molar-refractivity contribution in [3.05, 3.63) is 22.4 Å². The lowest BCUT2D eigenvalue weighted by molar-refractivity contribution is 0.229. The van der Waals surface area contributed by atoms with Gasteiger partial charge in [-0.25, -0.2) is 4.79 Å². The lowest BCUT2D eigenvalue weighted by atomic mass is 9.84. The molecule has 4 heteroatoms. The van der Waals surface area contributed by atoms with Gasteiger partial charge in [0, 0.05) is 22.9 Å². The van der Waals surface area contributed by atoms with Crippen molar-refractivity contribution in [2.45, 2.75) is 69.2 Å². The van der Waals surface area contributed by atoms with Crippen LogP contribution in [0.2, 0.25) is 0 Å². The first-order valence-corrected chi connectivity index (χ1v) is 9.25. The van der Waals surface area contributed by atoms with Gasteiger partial charge in [-0.2, -0.15) is 0 Å². The zero-order valence-corrected chi connectivity index (χ0v) is 13.5. The third-order valence-corrected chi connectivity index (χ3v) is 6.25. The molecule has 0 unspecified atom stereocenters. The van der Waals surface area contributed by atoms with E-state index in [0.717, 1.165) is 19.4 Å². The summed E-state index contributed by atoms with van der Waals surface area (Å²) in [5.74, 6) is 0. The summed E-state index contributed by atoms with van der Waals surface area (Å²) in [6.07, 6.45) is 11.1. The van der Waals surface area contributed by atoms with Crippen LogP contribution in [0.3, 0.4) is 0 Å². The molecule has 0 bridgehead atoms. The van der Waals surface area contributed by atoms with Gasteiger partial charge < -0.3 is 10.6 Å². The first kappa shape index (κ1) is 14.9. The highest BCUT2D eigenvalue weighted by molar-refractivity contribution is 7.10. The molecule has 1 aromatic rings. The monoisotopic (exact) mass is 306 g/mol. The van der Waals surface area contributed by atoms with E-state index in [1.54, 1.807) is 0 Å². The SMILES string of the molecule is O=C(NCC1(c2cccs2)CCCC1)NC1CCCCC1. The molecule has 0 aliphatic heterocycles. The van der Waals surface area contributed by atoms with Gasteiger partial charge in [-0.1, -0.05) is 38.2 Å². The Morgan fingerprint density at radius 1 is 1.19 bits per heavy atom. The quantitative estimate of drug-likeness (QED) is 0.860. The van der Waals surface area contributed by atoms with Crippen LogP contribution in [-0.2, 0) is 5.41 Å². The van der Waals surface area contributed by atoms with E-state index in [-0.39, 0.29) is 11.4 Å². The van der Waals surface area contributed by atoms with E-state index in [1.165, 1.54) is 49.8 Å². The van der Waals surface area contributed by atoms with Crippen LogP contribution < -0.4 is 10.6 Å². The van der Waals surface area contributed by atoms with Crippen LogP contribution in [0.5, 0.6) is 0 Å². The molecule has 2 amide bonds. The third-order valence-electron chi connectivity index (χ3n) is 5.13. The molecule has 2 fully saturated rings. The minimum atomic E-state index is 0.0322. The number of hydrogen-bond acceptors (Lipinski definition) is 2. The Bertz CT molecular complexity index is 445. The molecule has 3 nitrogen and oxygen atoms in total. The van der Waals surface area contributed by atoms with Crippen molar-refractivity contribution in [2.75, 3.05) is 6.54 Å². The van der Waals surface area contributed by atoms with Gasteiger partial charge in [-0.05, 0) is 37.1 Å². The zero-order valence-electron chi connectivity index (χ0n) is 12.7. The topological polar surface area (TPSA) is 41.1 Å². The summed E-state index contributed by atoms with van der Waals surface area (Å²) in [6.45, 7) is 0.784. The summed E-state index contributed by atoms with van der Waals surface area (Å²) in [5.41, 5.74) is 0.193. The average Bonchev–Trinajstić information content (AvgIpc) is 3.18. The first-order chi connectivity index (χ1) is 10.3. The number of carbonyl (C=O) groups is 1. The van der Waals surface area contributed by atoms with Gasteiger partial charge in [-0.15, -0.1) is 11.3 Å². The van der Waals surface area contributed by atoms with Crippen LogP contribution in [-0.4, -0.2) is 18.6 Å². The summed E-state index contributed by atoms with van der Waals surface area (Å²) in [6, 6.07) is 4.78. The standard InChI is InChI=1S/C17H26N2OS/c20-16(19-14-7-2-1-3-8-14)18-13-17(10-4-5-11-17)15-9-6-12-21-15/h6,9,12,14H,1-5,7-8,10-11,13H2,(H2,18,19,20). The highest BCUT2D eigenvalue weighted by Crippen LogP contribution is 2.42. The predicted octanol–water partition coefficient (Wildman–Crippen LogP) is 4.19. The van der Waals surface area contributed by atoms with Gasteiger partial charge in [0.05, 0.1) is 0 Å². The van der Waals surface area contributed by atoms with Crippen LogP contribution >= 0.6 is 11.3 Å². The maximum Gasteiger partial charge on any atom is 0.315 e. The molecule has 0 spiro atoms. The zero-order chi connectivity index (χ0) is 14.5. The average molecular weight is 306 g/mol. The minimum absolute atomic E-state index is 0.0322. The summed E-state index contributed by atoms with van der Waals surface area (Å²) in [4.78, 5) is 13.6. The Balaban J connectivity index is 1.53. The molecule has 3 rings (SSSR count). The van der Waals surface area contributed by atoms with Gasteiger partial charge in [0.15, 0.2) is 0 Å². The van der Waals surface area contributed by atoms with E-state index >= 15 is 0 Å². The number of thiophene rings is 1. The molecule has 116 valence electrons. The van der Waals surface area contributed by atoms with Crippen LogP contribution in [0.25, 0.3) is 0 Å². The van der Waals surface area contributed by atoms with E-state index in [2.05, 4.69) is 28.1 Å². The van der Waals surface area contributed by atoms with E-state index in [9.17, 15) is 4.79 Å². The molecule has 2 N–H and O–H groups in total.